The number of aromatic nitrogens is 3. The molecule has 0 bridgehead atoms. The Bertz CT molecular complexity index is 839. The van der Waals surface area contributed by atoms with Crippen LogP contribution in [0.1, 0.15) is 74.0 Å². The summed E-state index contributed by atoms with van der Waals surface area (Å²) in [5, 5.41) is 0. The van der Waals surface area contributed by atoms with Crippen molar-refractivity contribution in [2.45, 2.75) is 71.0 Å². The molecule has 6 nitrogen and oxygen atoms in total. The smallest absolute Gasteiger partial charge is 0.220 e. The summed E-state index contributed by atoms with van der Waals surface area (Å²) in [5.41, 5.74) is 3.39. The zero-order valence-electron chi connectivity index (χ0n) is 18.6. The molecule has 30 heavy (non-hydrogen) atoms. The van der Waals surface area contributed by atoms with Crippen LogP contribution in [-0.2, 0) is 9.47 Å². The molecule has 162 valence electrons. The van der Waals surface area contributed by atoms with Gasteiger partial charge in [-0.2, -0.15) is 4.98 Å². The van der Waals surface area contributed by atoms with E-state index in [1.54, 1.807) is 0 Å². The van der Waals surface area contributed by atoms with E-state index in [4.69, 9.17) is 14.2 Å². The molecule has 2 fully saturated rings. The van der Waals surface area contributed by atoms with Crippen LogP contribution in [-0.4, -0.2) is 40.6 Å². The minimum absolute atomic E-state index is 0.309. The van der Waals surface area contributed by atoms with Gasteiger partial charge < -0.3 is 14.2 Å². The van der Waals surface area contributed by atoms with Gasteiger partial charge in [0.05, 0.1) is 19.8 Å². The van der Waals surface area contributed by atoms with Gasteiger partial charge in [-0.3, -0.25) is 4.98 Å². The van der Waals surface area contributed by atoms with Gasteiger partial charge in [0.25, 0.3) is 0 Å². The monoisotopic (exact) mass is 411 g/mol. The lowest BCUT2D eigenvalue weighted by Crippen LogP contribution is -2.34. The summed E-state index contributed by atoms with van der Waals surface area (Å²) < 4.78 is 18.0. The van der Waals surface area contributed by atoms with Gasteiger partial charge in [-0.05, 0) is 50.2 Å². The van der Waals surface area contributed by atoms with Crippen molar-refractivity contribution >= 4 is 0 Å². The average Bonchev–Trinajstić information content (AvgIpc) is 3.21. The molecular formula is C24H33N3O3. The highest BCUT2D eigenvalue weighted by atomic mass is 16.7. The summed E-state index contributed by atoms with van der Waals surface area (Å²) in [6, 6.07) is 4.23. The van der Waals surface area contributed by atoms with Gasteiger partial charge in [-0.15, -0.1) is 0 Å². The third-order valence-corrected chi connectivity index (χ3v) is 6.64. The highest BCUT2D eigenvalue weighted by Gasteiger charge is 2.41. The Balaban J connectivity index is 1.41. The summed E-state index contributed by atoms with van der Waals surface area (Å²) >= 11 is 0. The van der Waals surface area contributed by atoms with E-state index in [0.29, 0.717) is 37.6 Å². The Morgan fingerprint density at radius 3 is 2.47 bits per heavy atom. The summed E-state index contributed by atoms with van der Waals surface area (Å²) in [5.74, 6) is 2.12. The number of hydrogen-bond donors (Lipinski definition) is 0. The van der Waals surface area contributed by atoms with Crippen LogP contribution < -0.4 is 4.74 Å². The summed E-state index contributed by atoms with van der Waals surface area (Å²) in [4.78, 5) is 13.7. The lowest BCUT2D eigenvalue weighted by atomic mass is 9.81. The van der Waals surface area contributed by atoms with Gasteiger partial charge in [0.1, 0.15) is 5.82 Å². The number of rotatable bonds is 6. The minimum Gasteiger partial charge on any atom is -0.477 e. The zero-order chi connectivity index (χ0) is 21.1. The fourth-order valence-electron chi connectivity index (χ4n) is 4.40. The number of ether oxygens (including phenoxy) is 3. The molecule has 0 unspecified atom stereocenters. The van der Waals surface area contributed by atoms with Crippen molar-refractivity contribution in [1.82, 2.24) is 15.0 Å². The van der Waals surface area contributed by atoms with E-state index in [2.05, 4.69) is 47.9 Å². The molecule has 0 amide bonds. The first-order valence-corrected chi connectivity index (χ1v) is 11.1. The van der Waals surface area contributed by atoms with Gasteiger partial charge in [-0.25, -0.2) is 4.98 Å². The number of hydrogen-bond acceptors (Lipinski definition) is 6. The molecule has 0 N–H and O–H groups in total. The third kappa shape index (κ3) is 4.65. The Hall–Kier alpha value is -2.05. The van der Waals surface area contributed by atoms with Crippen molar-refractivity contribution in [1.29, 1.82) is 0 Å². The standard InChI is InChI=1S/C24H33N3O3/c1-16-5-6-22(26-13-16)18(3)17(2)15-28-23-21(14-25-19(4)27-23)20-7-9-24(10-8-20)29-11-12-30-24/h5-6,13-14,17-18,20H,7-12,15H2,1-4H3/t17-,18+/m1/s1. The molecule has 1 aliphatic heterocycles. The van der Waals surface area contributed by atoms with Crippen LogP contribution in [0.15, 0.2) is 24.5 Å². The zero-order valence-corrected chi connectivity index (χ0v) is 18.6. The quantitative estimate of drug-likeness (QED) is 0.686. The molecule has 1 saturated heterocycles. The van der Waals surface area contributed by atoms with Crippen LogP contribution in [0, 0.1) is 19.8 Å². The molecule has 0 radical (unpaired) electrons. The Morgan fingerprint density at radius 2 is 1.80 bits per heavy atom. The second kappa shape index (κ2) is 8.98. The number of aryl methyl sites for hydroxylation is 2. The molecule has 1 spiro atoms. The SMILES string of the molecule is Cc1ccc([C@@H](C)[C@H](C)COc2nc(C)ncc2C2CCC3(CC2)OCCO3)nc1. The van der Waals surface area contributed by atoms with Crippen LogP contribution in [0.2, 0.25) is 0 Å². The first-order chi connectivity index (χ1) is 14.5. The highest BCUT2D eigenvalue weighted by Crippen LogP contribution is 2.44. The highest BCUT2D eigenvalue weighted by molar-refractivity contribution is 5.28. The van der Waals surface area contributed by atoms with Gasteiger partial charge in [0.15, 0.2) is 5.79 Å². The lowest BCUT2D eigenvalue weighted by molar-refractivity contribution is -0.178. The fourth-order valence-corrected chi connectivity index (χ4v) is 4.40. The normalized spacial score (nSPS) is 20.9. The van der Waals surface area contributed by atoms with Gasteiger partial charge in [-0.1, -0.05) is 19.9 Å². The van der Waals surface area contributed by atoms with Crippen LogP contribution in [0.4, 0.5) is 0 Å². The van der Waals surface area contributed by atoms with E-state index in [1.807, 2.05) is 19.3 Å². The third-order valence-electron chi connectivity index (χ3n) is 6.64. The molecule has 3 heterocycles. The van der Waals surface area contributed by atoms with E-state index >= 15 is 0 Å². The van der Waals surface area contributed by atoms with Gasteiger partial charge in [0, 0.05) is 42.4 Å². The van der Waals surface area contributed by atoms with Crippen molar-refractivity contribution < 1.29 is 14.2 Å². The Labute approximate surface area is 179 Å². The van der Waals surface area contributed by atoms with Crippen molar-refractivity contribution in [3.05, 3.63) is 47.2 Å². The minimum atomic E-state index is -0.353. The largest absolute Gasteiger partial charge is 0.477 e. The van der Waals surface area contributed by atoms with E-state index in [1.165, 1.54) is 5.56 Å². The molecule has 2 atom stereocenters. The molecule has 6 heteroatoms. The van der Waals surface area contributed by atoms with E-state index in [-0.39, 0.29) is 5.79 Å². The topological polar surface area (TPSA) is 66.4 Å². The molecule has 0 aromatic carbocycles. The molecule has 2 aromatic rings. The van der Waals surface area contributed by atoms with Crippen molar-refractivity contribution in [3.8, 4) is 5.88 Å². The number of nitrogens with zero attached hydrogens (tertiary/aromatic N) is 3. The maximum atomic E-state index is 6.27. The molecular weight excluding hydrogens is 378 g/mol. The Kier molecular flexibility index (Phi) is 6.34. The average molecular weight is 412 g/mol. The molecule has 1 saturated carbocycles. The fraction of sp³-hybridized carbons (Fsp3) is 0.625. The van der Waals surface area contributed by atoms with Gasteiger partial charge >= 0.3 is 0 Å². The summed E-state index contributed by atoms with van der Waals surface area (Å²) in [6.07, 6.45) is 7.71. The van der Waals surface area contributed by atoms with Crippen LogP contribution in [0.5, 0.6) is 5.88 Å². The molecule has 2 aliphatic rings. The maximum Gasteiger partial charge on any atom is 0.220 e. The van der Waals surface area contributed by atoms with Crippen LogP contribution >= 0.6 is 0 Å². The van der Waals surface area contributed by atoms with Crippen LogP contribution in [0.25, 0.3) is 0 Å². The molecule has 4 rings (SSSR count). The lowest BCUT2D eigenvalue weighted by Gasteiger charge is -2.35. The first kappa shape index (κ1) is 21.2. The summed E-state index contributed by atoms with van der Waals surface area (Å²) in [7, 11) is 0. The van der Waals surface area contributed by atoms with Crippen molar-refractivity contribution in [2.24, 2.45) is 5.92 Å². The van der Waals surface area contributed by atoms with E-state index in [9.17, 15) is 0 Å². The maximum absolute atomic E-state index is 6.27. The van der Waals surface area contributed by atoms with E-state index in [0.717, 1.165) is 48.6 Å². The van der Waals surface area contributed by atoms with Crippen molar-refractivity contribution in [2.75, 3.05) is 19.8 Å². The second-order valence-corrected chi connectivity index (χ2v) is 8.90. The predicted octanol–water partition coefficient (Wildman–Crippen LogP) is 4.71. The Morgan fingerprint density at radius 1 is 1.07 bits per heavy atom. The van der Waals surface area contributed by atoms with Crippen LogP contribution in [0.3, 0.4) is 0 Å². The van der Waals surface area contributed by atoms with Gasteiger partial charge in [0.2, 0.25) is 5.88 Å². The molecule has 1 aliphatic carbocycles. The number of pyridine rings is 1. The first-order valence-electron chi connectivity index (χ1n) is 11.1. The summed E-state index contributed by atoms with van der Waals surface area (Å²) in [6.45, 7) is 10.4. The molecule has 2 aromatic heterocycles. The second-order valence-electron chi connectivity index (χ2n) is 8.90. The van der Waals surface area contributed by atoms with E-state index < -0.39 is 0 Å². The van der Waals surface area contributed by atoms with Crippen molar-refractivity contribution in [3.63, 3.8) is 0 Å². The predicted molar refractivity (Wildman–Crippen MR) is 115 cm³/mol.